The van der Waals surface area contributed by atoms with Crippen LogP contribution in [0, 0.1) is 11.8 Å². The zero-order chi connectivity index (χ0) is 10.1. The Bertz CT molecular complexity index is 101. The quantitative estimate of drug-likeness (QED) is 0.574. The Balaban J connectivity index is 3.24. The lowest BCUT2D eigenvalue weighted by Gasteiger charge is -2.14. The van der Waals surface area contributed by atoms with Crippen LogP contribution in [-0.4, -0.2) is 11.7 Å². The Morgan fingerprint density at radius 3 is 2.23 bits per heavy atom. The minimum atomic E-state index is 0.347. The van der Waals surface area contributed by atoms with E-state index in [1.54, 1.807) is 0 Å². The van der Waals surface area contributed by atoms with E-state index in [0.717, 1.165) is 5.92 Å². The van der Waals surface area contributed by atoms with Crippen LogP contribution in [0.15, 0.2) is 0 Å². The average Bonchev–Trinajstić information content (AvgIpc) is 2.12. The second-order valence-electron chi connectivity index (χ2n) is 4.48. The maximum absolute atomic E-state index is 8.89. The second kappa shape index (κ2) is 8.55. The van der Waals surface area contributed by atoms with Gasteiger partial charge in [0.2, 0.25) is 0 Å². The Labute approximate surface area is 83.5 Å². The number of rotatable bonds is 8. The summed E-state index contributed by atoms with van der Waals surface area (Å²) in [7, 11) is 0. The number of aliphatic hydroxyl groups excluding tert-OH is 1. The SMILES string of the molecule is CCCCCC[C@H](C)C[C@H](C)CO. The number of aliphatic hydroxyl groups is 1. The van der Waals surface area contributed by atoms with Gasteiger partial charge in [0, 0.05) is 6.61 Å². The summed E-state index contributed by atoms with van der Waals surface area (Å²) in [6, 6.07) is 0. The molecule has 0 amide bonds. The van der Waals surface area contributed by atoms with Crippen LogP contribution in [0.2, 0.25) is 0 Å². The van der Waals surface area contributed by atoms with Crippen molar-refractivity contribution in [1.82, 2.24) is 0 Å². The van der Waals surface area contributed by atoms with E-state index in [1.165, 1.54) is 38.5 Å². The summed E-state index contributed by atoms with van der Waals surface area (Å²) >= 11 is 0. The smallest absolute Gasteiger partial charge is 0.0456 e. The molecule has 0 bridgehead atoms. The Morgan fingerprint density at radius 2 is 1.69 bits per heavy atom. The lowest BCUT2D eigenvalue weighted by atomic mass is 9.93. The van der Waals surface area contributed by atoms with E-state index < -0.39 is 0 Å². The van der Waals surface area contributed by atoms with Crippen LogP contribution >= 0.6 is 0 Å². The minimum Gasteiger partial charge on any atom is -0.396 e. The molecular weight excluding hydrogens is 160 g/mol. The highest BCUT2D eigenvalue weighted by Gasteiger charge is 2.06. The van der Waals surface area contributed by atoms with Crippen molar-refractivity contribution in [3.05, 3.63) is 0 Å². The lowest BCUT2D eigenvalue weighted by molar-refractivity contribution is 0.212. The van der Waals surface area contributed by atoms with Crippen LogP contribution < -0.4 is 0 Å². The molecule has 0 heterocycles. The van der Waals surface area contributed by atoms with Crippen molar-refractivity contribution in [1.29, 1.82) is 0 Å². The van der Waals surface area contributed by atoms with Crippen LogP contribution in [0.25, 0.3) is 0 Å². The summed E-state index contributed by atoms with van der Waals surface area (Å²) in [6.45, 7) is 7.03. The first-order valence-electron chi connectivity index (χ1n) is 5.81. The van der Waals surface area contributed by atoms with Gasteiger partial charge in [-0.1, -0.05) is 52.9 Å². The molecule has 0 spiro atoms. The van der Waals surface area contributed by atoms with Crippen molar-refractivity contribution in [3.8, 4) is 0 Å². The van der Waals surface area contributed by atoms with Gasteiger partial charge >= 0.3 is 0 Å². The lowest BCUT2D eigenvalue weighted by Crippen LogP contribution is -2.06. The molecule has 0 rings (SSSR count). The molecule has 0 fully saturated rings. The fourth-order valence-electron chi connectivity index (χ4n) is 1.80. The molecule has 0 aliphatic heterocycles. The van der Waals surface area contributed by atoms with Gasteiger partial charge in [0.15, 0.2) is 0 Å². The van der Waals surface area contributed by atoms with Crippen LogP contribution in [0.4, 0.5) is 0 Å². The molecule has 0 radical (unpaired) electrons. The van der Waals surface area contributed by atoms with Crippen LogP contribution in [0.3, 0.4) is 0 Å². The summed E-state index contributed by atoms with van der Waals surface area (Å²) in [5, 5.41) is 8.89. The second-order valence-corrected chi connectivity index (χ2v) is 4.48. The Hall–Kier alpha value is -0.0400. The molecule has 13 heavy (non-hydrogen) atoms. The van der Waals surface area contributed by atoms with Gasteiger partial charge in [-0.3, -0.25) is 0 Å². The van der Waals surface area contributed by atoms with Crippen molar-refractivity contribution in [2.24, 2.45) is 11.8 Å². The van der Waals surface area contributed by atoms with E-state index in [4.69, 9.17) is 5.11 Å². The van der Waals surface area contributed by atoms with Gasteiger partial charge in [-0.2, -0.15) is 0 Å². The third-order valence-corrected chi connectivity index (χ3v) is 2.67. The standard InChI is InChI=1S/C12H26O/c1-4-5-6-7-8-11(2)9-12(3)10-13/h11-13H,4-10H2,1-3H3/t11-,12-/m0/s1. The van der Waals surface area contributed by atoms with Crippen molar-refractivity contribution in [2.75, 3.05) is 6.61 Å². The predicted molar refractivity (Wildman–Crippen MR) is 58.8 cm³/mol. The molecule has 0 saturated carbocycles. The molecule has 0 aromatic carbocycles. The van der Waals surface area contributed by atoms with Gasteiger partial charge in [-0.25, -0.2) is 0 Å². The molecule has 0 saturated heterocycles. The van der Waals surface area contributed by atoms with Gasteiger partial charge in [0.05, 0.1) is 0 Å². The van der Waals surface area contributed by atoms with E-state index in [-0.39, 0.29) is 0 Å². The van der Waals surface area contributed by atoms with Crippen molar-refractivity contribution in [3.63, 3.8) is 0 Å². The van der Waals surface area contributed by atoms with Crippen LogP contribution in [-0.2, 0) is 0 Å². The molecule has 0 aliphatic carbocycles. The first-order chi connectivity index (χ1) is 6.20. The highest BCUT2D eigenvalue weighted by Crippen LogP contribution is 2.18. The van der Waals surface area contributed by atoms with Gasteiger partial charge in [-0.15, -0.1) is 0 Å². The fraction of sp³-hybridized carbons (Fsp3) is 1.00. The van der Waals surface area contributed by atoms with Crippen molar-refractivity contribution < 1.29 is 5.11 Å². The Kier molecular flexibility index (Phi) is 8.53. The highest BCUT2D eigenvalue weighted by atomic mass is 16.3. The molecule has 1 N–H and O–H groups in total. The number of hydrogen-bond acceptors (Lipinski definition) is 1. The summed E-state index contributed by atoms with van der Waals surface area (Å²) in [6.07, 6.45) is 7.97. The normalized spacial score (nSPS) is 15.7. The zero-order valence-electron chi connectivity index (χ0n) is 9.55. The van der Waals surface area contributed by atoms with Crippen molar-refractivity contribution >= 4 is 0 Å². The molecule has 2 atom stereocenters. The van der Waals surface area contributed by atoms with Crippen LogP contribution in [0.1, 0.15) is 59.3 Å². The largest absolute Gasteiger partial charge is 0.396 e. The third kappa shape index (κ3) is 8.29. The van der Waals surface area contributed by atoms with Gasteiger partial charge in [0.25, 0.3) is 0 Å². The molecule has 0 unspecified atom stereocenters. The highest BCUT2D eigenvalue weighted by molar-refractivity contribution is 4.58. The van der Waals surface area contributed by atoms with Gasteiger partial charge in [0.1, 0.15) is 0 Å². The van der Waals surface area contributed by atoms with E-state index in [1.807, 2.05) is 0 Å². The van der Waals surface area contributed by atoms with E-state index in [0.29, 0.717) is 12.5 Å². The van der Waals surface area contributed by atoms with E-state index >= 15 is 0 Å². The fourth-order valence-corrected chi connectivity index (χ4v) is 1.80. The molecule has 0 aliphatic rings. The first-order valence-corrected chi connectivity index (χ1v) is 5.81. The molecule has 1 heteroatoms. The Morgan fingerprint density at radius 1 is 1.00 bits per heavy atom. The topological polar surface area (TPSA) is 20.2 Å². The van der Waals surface area contributed by atoms with Gasteiger partial charge < -0.3 is 5.11 Å². The van der Waals surface area contributed by atoms with E-state index in [9.17, 15) is 0 Å². The molecule has 0 aromatic heterocycles. The monoisotopic (exact) mass is 186 g/mol. The summed E-state index contributed by atoms with van der Waals surface area (Å²) in [4.78, 5) is 0. The maximum Gasteiger partial charge on any atom is 0.0456 e. The molecule has 1 nitrogen and oxygen atoms in total. The number of hydrogen-bond donors (Lipinski definition) is 1. The van der Waals surface area contributed by atoms with Crippen LogP contribution in [0.5, 0.6) is 0 Å². The summed E-state index contributed by atoms with van der Waals surface area (Å²) in [5.41, 5.74) is 0. The number of unbranched alkanes of at least 4 members (excludes halogenated alkanes) is 3. The van der Waals surface area contributed by atoms with Gasteiger partial charge in [-0.05, 0) is 18.3 Å². The molecular formula is C12H26O. The summed E-state index contributed by atoms with van der Waals surface area (Å²) in [5.74, 6) is 1.28. The predicted octanol–water partition coefficient (Wildman–Crippen LogP) is 3.61. The van der Waals surface area contributed by atoms with E-state index in [2.05, 4.69) is 20.8 Å². The maximum atomic E-state index is 8.89. The zero-order valence-corrected chi connectivity index (χ0v) is 9.55. The third-order valence-electron chi connectivity index (χ3n) is 2.67. The molecule has 0 aromatic rings. The van der Waals surface area contributed by atoms with Crippen molar-refractivity contribution in [2.45, 2.75) is 59.3 Å². The average molecular weight is 186 g/mol. The summed E-state index contributed by atoms with van der Waals surface area (Å²) < 4.78 is 0. The minimum absolute atomic E-state index is 0.347. The molecule has 80 valence electrons. The first kappa shape index (κ1) is 13.0.